The number of nitrogens with zero attached hydrogens (tertiary/aromatic N) is 1. The molecule has 0 aliphatic carbocycles. The van der Waals surface area contributed by atoms with Gasteiger partial charge in [-0.1, -0.05) is 31.2 Å². The van der Waals surface area contributed by atoms with Crippen LogP contribution in [-0.4, -0.2) is 43.1 Å². The average Bonchev–Trinajstić information content (AvgIpc) is 2.65. The number of carbonyl (C=O) groups excluding carboxylic acids is 3. The van der Waals surface area contributed by atoms with Gasteiger partial charge in [-0.15, -0.1) is 0 Å². The highest BCUT2D eigenvalue weighted by Crippen LogP contribution is 2.13. The second-order valence-corrected chi connectivity index (χ2v) is 5.60. The van der Waals surface area contributed by atoms with Gasteiger partial charge in [-0.3, -0.25) is 9.59 Å². The van der Waals surface area contributed by atoms with Crippen LogP contribution in [0.25, 0.3) is 10.9 Å². The number of rotatable bonds is 6. The summed E-state index contributed by atoms with van der Waals surface area (Å²) in [4.78, 5) is 40.2. The van der Waals surface area contributed by atoms with Crippen LogP contribution < -0.4 is 5.32 Å². The molecular weight excluding hydrogens is 324 g/mol. The first-order valence-corrected chi connectivity index (χ1v) is 7.78. The van der Waals surface area contributed by atoms with Gasteiger partial charge in [-0.05, 0) is 18.6 Å². The smallest absolute Gasteiger partial charge is 0.328 e. The van der Waals surface area contributed by atoms with Crippen molar-refractivity contribution in [1.82, 2.24) is 10.3 Å². The molecule has 132 valence electrons. The molecule has 0 aliphatic rings. The van der Waals surface area contributed by atoms with E-state index in [1.165, 1.54) is 14.2 Å². The van der Waals surface area contributed by atoms with E-state index in [-0.39, 0.29) is 12.1 Å². The number of benzene rings is 1. The zero-order valence-corrected chi connectivity index (χ0v) is 14.3. The monoisotopic (exact) mass is 344 g/mol. The molecule has 0 spiro atoms. The minimum absolute atomic E-state index is 0.0681. The van der Waals surface area contributed by atoms with E-state index in [1.54, 1.807) is 25.1 Å². The van der Waals surface area contributed by atoms with Crippen molar-refractivity contribution in [2.45, 2.75) is 19.4 Å². The number of amides is 1. The lowest BCUT2D eigenvalue weighted by Gasteiger charge is -2.19. The lowest BCUT2D eigenvalue weighted by Crippen LogP contribution is -2.43. The maximum Gasteiger partial charge on any atom is 0.328 e. The van der Waals surface area contributed by atoms with Crippen molar-refractivity contribution in [3.05, 3.63) is 42.1 Å². The highest BCUT2D eigenvalue weighted by molar-refractivity contribution is 5.97. The quantitative estimate of drug-likeness (QED) is 0.802. The number of methoxy groups -OCH3 is 2. The number of ether oxygens (including phenoxy) is 2. The SMILES string of the molecule is COC(=O)[C@H](C)C[C@@H](NC(=O)c1ccc2ccccc2n1)C(=O)OC. The van der Waals surface area contributed by atoms with E-state index in [4.69, 9.17) is 4.74 Å². The topological polar surface area (TPSA) is 94.6 Å². The van der Waals surface area contributed by atoms with E-state index in [9.17, 15) is 14.4 Å². The van der Waals surface area contributed by atoms with Crippen LogP contribution in [0.2, 0.25) is 0 Å². The van der Waals surface area contributed by atoms with Crippen molar-refractivity contribution in [3.63, 3.8) is 0 Å². The number of hydrogen-bond donors (Lipinski definition) is 1. The van der Waals surface area contributed by atoms with Crippen LogP contribution in [0.5, 0.6) is 0 Å². The molecule has 2 rings (SSSR count). The molecule has 0 bridgehead atoms. The van der Waals surface area contributed by atoms with E-state index in [1.807, 2.05) is 18.2 Å². The Hall–Kier alpha value is -2.96. The fourth-order valence-corrected chi connectivity index (χ4v) is 2.43. The molecule has 0 radical (unpaired) electrons. The molecule has 0 saturated carbocycles. The average molecular weight is 344 g/mol. The summed E-state index contributed by atoms with van der Waals surface area (Å²) in [6.45, 7) is 1.61. The van der Waals surface area contributed by atoms with Gasteiger partial charge in [0, 0.05) is 5.39 Å². The maximum atomic E-state index is 12.4. The van der Waals surface area contributed by atoms with Gasteiger partial charge in [0.1, 0.15) is 11.7 Å². The Morgan fingerprint density at radius 2 is 1.72 bits per heavy atom. The second-order valence-electron chi connectivity index (χ2n) is 5.60. The van der Waals surface area contributed by atoms with Gasteiger partial charge in [0.25, 0.3) is 5.91 Å². The zero-order valence-electron chi connectivity index (χ0n) is 14.3. The zero-order chi connectivity index (χ0) is 18.4. The minimum Gasteiger partial charge on any atom is -0.469 e. The molecule has 2 aromatic rings. The Kier molecular flexibility index (Phi) is 6.05. The van der Waals surface area contributed by atoms with Crippen molar-refractivity contribution in [3.8, 4) is 0 Å². The molecule has 7 heteroatoms. The van der Waals surface area contributed by atoms with Gasteiger partial charge in [0.2, 0.25) is 0 Å². The summed E-state index contributed by atoms with van der Waals surface area (Å²) < 4.78 is 9.36. The summed E-state index contributed by atoms with van der Waals surface area (Å²) in [5, 5.41) is 3.48. The Morgan fingerprint density at radius 3 is 2.40 bits per heavy atom. The Morgan fingerprint density at radius 1 is 1.04 bits per heavy atom. The molecule has 0 fully saturated rings. The molecule has 1 aromatic carbocycles. The number of esters is 2. The molecule has 0 aliphatic heterocycles. The van der Waals surface area contributed by atoms with E-state index in [0.717, 1.165) is 5.39 Å². The first-order chi connectivity index (χ1) is 12.0. The summed E-state index contributed by atoms with van der Waals surface area (Å²) in [6, 6.07) is 9.77. The van der Waals surface area contributed by atoms with Crippen LogP contribution >= 0.6 is 0 Å². The summed E-state index contributed by atoms with van der Waals surface area (Å²) in [6.07, 6.45) is 0.0681. The summed E-state index contributed by atoms with van der Waals surface area (Å²) >= 11 is 0. The number of fused-ring (bicyclic) bond motifs is 1. The molecule has 0 saturated heterocycles. The standard InChI is InChI=1S/C18H20N2O5/c1-11(17(22)24-2)10-15(18(23)25-3)20-16(21)14-9-8-12-6-4-5-7-13(12)19-14/h4-9,11,15H,10H2,1-3H3,(H,20,21)/t11-,15-/m1/s1. The van der Waals surface area contributed by atoms with Gasteiger partial charge in [0.05, 0.1) is 25.7 Å². The summed E-state index contributed by atoms with van der Waals surface area (Å²) in [5.74, 6) is -2.19. The van der Waals surface area contributed by atoms with Gasteiger partial charge in [-0.2, -0.15) is 0 Å². The van der Waals surface area contributed by atoms with Crippen molar-refractivity contribution < 1.29 is 23.9 Å². The largest absolute Gasteiger partial charge is 0.469 e. The van der Waals surface area contributed by atoms with Crippen molar-refractivity contribution >= 4 is 28.7 Å². The number of pyridine rings is 1. The fourth-order valence-electron chi connectivity index (χ4n) is 2.43. The molecule has 0 unspecified atom stereocenters. The minimum atomic E-state index is -0.972. The van der Waals surface area contributed by atoms with Crippen LogP contribution in [0.1, 0.15) is 23.8 Å². The van der Waals surface area contributed by atoms with Gasteiger partial charge < -0.3 is 14.8 Å². The number of para-hydroxylation sites is 1. The molecule has 1 aromatic heterocycles. The number of carbonyl (C=O) groups is 3. The van der Waals surface area contributed by atoms with Crippen molar-refractivity contribution in [2.24, 2.45) is 5.92 Å². The van der Waals surface area contributed by atoms with Crippen molar-refractivity contribution in [2.75, 3.05) is 14.2 Å². The predicted molar refractivity (Wildman–Crippen MR) is 90.8 cm³/mol. The first kappa shape index (κ1) is 18.4. The normalized spacial score (nSPS) is 12.9. The number of nitrogens with one attached hydrogen (secondary N) is 1. The molecule has 2 atom stereocenters. The second kappa shape index (κ2) is 8.23. The molecule has 1 amide bonds. The predicted octanol–water partition coefficient (Wildman–Crippen LogP) is 1.71. The third-order valence-electron chi connectivity index (χ3n) is 3.81. The van der Waals surface area contributed by atoms with E-state index >= 15 is 0 Å². The van der Waals surface area contributed by atoms with Crippen LogP contribution in [0.4, 0.5) is 0 Å². The van der Waals surface area contributed by atoms with E-state index in [0.29, 0.717) is 5.52 Å². The lowest BCUT2D eigenvalue weighted by atomic mass is 10.0. The maximum absolute atomic E-state index is 12.4. The molecule has 1 heterocycles. The van der Waals surface area contributed by atoms with Crippen molar-refractivity contribution in [1.29, 1.82) is 0 Å². The highest BCUT2D eigenvalue weighted by Gasteiger charge is 2.28. The molecule has 25 heavy (non-hydrogen) atoms. The molecule has 7 nitrogen and oxygen atoms in total. The highest BCUT2D eigenvalue weighted by atomic mass is 16.5. The third kappa shape index (κ3) is 4.53. The van der Waals surface area contributed by atoms with Crippen LogP contribution in [0, 0.1) is 5.92 Å². The Bertz CT molecular complexity index is 790. The summed E-state index contributed by atoms with van der Waals surface area (Å²) in [5.41, 5.74) is 0.853. The first-order valence-electron chi connectivity index (χ1n) is 7.78. The Balaban J connectivity index is 2.17. The van der Waals surface area contributed by atoms with E-state index in [2.05, 4.69) is 15.0 Å². The van der Waals surface area contributed by atoms with Gasteiger partial charge in [-0.25, -0.2) is 9.78 Å². The molecular formula is C18H20N2O5. The lowest BCUT2D eigenvalue weighted by molar-refractivity contribution is -0.147. The number of hydrogen-bond acceptors (Lipinski definition) is 6. The number of aromatic nitrogens is 1. The van der Waals surface area contributed by atoms with Crippen LogP contribution in [0.15, 0.2) is 36.4 Å². The Labute approximate surface area is 145 Å². The molecule has 1 N–H and O–H groups in total. The van der Waals surface area contributed by atoms with E-state index < -0.39 is 29.8 Å². The summed E-state index contributed by atoms with van der Waals surface area (Å²) in [7, 11) is 2.49. The van der Waals surface area contributed by atoms with Crippen LogP contribution in [-0.2, 0) is 19.1 Å². The van der Waals surface area contributed by atoms with Gasteiger partial charge in [0.15, 0.2) is 0 Å². The van der Waals surface area contributed by atoms with Gasteiger partial charge >= 0.3 is 11.9 Å². The third-order valence-corrected chi connectivity index (χ3v) is 3.81. The fraction of sp³-hybridized carbons (Fsp3) is 0.333. The van der Waals surface area contributed by atoms with Crippen LogP contribution in [0.3, 0.4) is 0 Å².